The summed E-state index contributed by atoms with van der Waals surface area (Å²) in [5.41, 5.74) is 0.895. The largest absolute Gasteiger partial charge is 0.341 e. The van der Waals surface area contributed by atoms with Crippen molar-refractivity contribution >= 4 is 12.2 Å². The highest BCUT2D eigenvalue weighted by Gasteiger charge is 2.33. The second kappa shape index (κ2) is 3.50. The SMILES string of the molecule is CC1(C)NC(=O)N=C[C@@H]1c1ccccc1. The molecule has 0 aliphatic carbocycles. The second-order valence-electron chi connectivity index (χ2n) is 4.32. The van der Waals surface area contributed by atoms with E-state index in [2.05, 4.69) is 22.4 Å². The first kappa shape index (κ1) is 9.90. The molecule has 0 radical (unpaired) electrons. The zero-order valence-electron chi connectivity index (χ0n) is 8.90. The third-order valence-corrected chi connectivity index (χ3v) is 2.71. The van der Waals surface area contributed by atoms with Gasteiger partial charge in [0.05, 0.1) is 0 Å². The monoisotopic (exact) mass is 202 g/mol. The molecule has 0 spiro atoms. The molecule has 0 aromatic heterocycles. The summed E-state index contributed by atoms with van der Waals surface area (Å²) >= 11 is 0. The summed E-state index contributed by atoms with van der Waals surface area (Å²) in [5.74, 6) is 0.136. The number of hydrogen-bond donors (Lipinski definition) is 1. The van der Waals surface area contributed by atoms with Crippen LogP contribution >= 0.6 is 0 Å². The van der Waals surface area contributed by atoms with Gasteiger partial charge in [0, 0.05) is 17.7 Å². The smallest absolute Gasteiger partial charge is 0.330 e. The molecule has 3 heteroatoms. The number of rotatable bonds is 1. The first-order chi connectivity index (χ1) is 7.09. The number of nitrogens with zero attached hydrogens (tertiary/aromatic N) is 1. The van der Waals surface area contributed by atoms with Crippen LogP contribution in [0.3, 0.4) is 0 Å². The molecule has 0 fully saturated rings. The molecule has 0 saturated heterocycles. The maximum Gasteiger partial charge on any atom is 0.341 e. The van der Waals surface area contributed by atoms with Crippen molar-refractivity contribution < 1.29 is 4.79 Å². The van der Waals surface area contributed by atoms with E-state index < -0.39 is 0 Å². The fourth-order valence-electron chi connectivity index (χ4n) is 1.88. The first-order valence-electron chi connectivity index (χ1n) is 5.01. The summed E-state index contributed by atoms with van der Waals surface area (Å²) in [6, 6.07) is 9.82. The summed E-state index contributed by atoms with van der Waals surface area (Å²) in [6.07, 6.45) is 1.73. The highest BCUT2D eigenvalue weighted by molar-refractivity contribution is 5.90. The second-order valence-corrected chi connectivity index (χ2v) is 4.32. The third kappa shape index (κ3) is 1.91. The molecule has 1 heterocycles. The lowest BCUT2D eigenvalue weighted by Crippen LogP contribution is -2.50. The fraction of sp³-hybridized carbons (Fsp3) is 0.333. The van der Waals surface area contributed by atoms with Crippen molar-refractivity contribution in [3.05, 3.63) is 35.9 Å². The molecule has 0 saturated carbocycles. The van der Waals surface area contributed by atoms with Gasteiger partial charge in [-0.3, -0.25) is 0 Å². The number of urea groups is 1. The Balaban J connectivity index is 2.37. The summed E-state index contributed by atoms with van der Waals surface area (Å²) < 4.78 is 0. The van der Waals surface area contributed by atoms with Gasteiger partial charge in [0.25, 0.3) is 0 Å². The zero-order chi connectivity index (χ0) is 10.9. The summed E-state index contributed by atoms with van der Waals surface area (Å²) in [4.78, 5) is 15.0. The van der Waals surface area contributed by atoms with Crippen molar-refractivity contribution in [2.24, 2.45) is 4.99 Å². The van der Waals surface area contributed by atoms with E-state index in [0.29, 0.717) is 0 Å². The van der Waals surface area contributed by atoms with Crippen LogP contribution in [0, 0.1) is 0 Å². The Kier molecular flexibility index (Phi) is 2.31. The molecule has 1 N–H and O–H groups in total. The lowest BCUT2D eigenvalue weighted by Gasteiger charge is -2.35. The number of hydrogen-bond acceptors (Lipinski definition) is 1. The molecule has 1 aliphatic heterocycles. The van der Waals surface area contributed by atoms with E-state index in [4.69, 9.17) is 0 Å². The molecular formula is C12H14N2O. The van der Waals surface area contributed by atoms with Crippen LogP contribution in [0.5, 0.6) is 0 Å². The fourth-order valence-corrected chi connectivity index (χ4v) is 1.88. The number of nitrogens with one attached hydrogen (secondary N) is 1. The average molecular weight is 202 g/mol. The van der Waals surface area contributed by atoms with Crippen molar-refractivity contribution in [2.45, 2.75) is 25.3 Å². The molecule has 78 valence electrons. The Morgan fingerprint density at radius 3 is 2.53 bits per heavy atom. The van der Waals surface area contributed by atoms with Crippen LogP contribution in [0.4, 0.5) is 4.79 Å². The van der Waals surface area contributed by atoms with Gasteiger partial charge < -0.3 is 5.32 Å². The highest BCUT2D eigenvalue weighted by Crippen LogP contribution is 2.28. The normalized spacial score (nSPS) is 23.6. The predicted molar refractivity (Wildman–Crippen MR) is 60.3 cm³/mol. The number of benzene rings is 1. The quantitative estimate of drug-likeness (QED) is 0.746. The van der Waals surface area contributed by atoms with Gasteiger partial charge in [-0.25, -0.2) is 9.79 Å². The van der Waals surface area contributed by atoms with Crippen molar-refractivity contribution in [1.29, 1.82) is 0 Å². The van der Waals surface area contributed by atoms with Gasteiger partial charge in [-0.15, -0.1) is 0 Å². The van der Waals surface area contributed by atoms with Crippen LogP contribution in [0.15, 0.2) is 35.3 Å². The maximum absolute atomic E-state index is 11.1. The van der Waals surface area contributed by atoms with Crippen LogP contribution in [0.2, 0.25) is 0 Å². The van der Waals surface area contributed by atoms with Crippen LogP contribution in [0.1, 0.15) is 25.3 Å². The van der Waals surface area contributed by atoms with Gasteiger partial charge in [-0.1, -0.05) is 30.3 Å². The Labute approximate surface area is 89.2 Å². The Bertz CT molecular complexity index is 395. The molecule has 0 unspecified atom stereocenters. The molecule has 3 nitrogen and oxygen atoms in total. The molecule has 2 rings (SSSR count). The van der Waals surface area contributed by atoms with Gasteiger partial charge in [0.15, 0.2) is 0 Å². The van der Waals surface area contributed by atoms with Crippen molar-refractivity contribution in [3.63, 3.8) is 0 Å². The first-order valence-corrected chi connectivity index (χ1v) is 5.01. The highest BCUT2D eigenvalue weighted by atomic mass is 16.2. The van der Waals surface area contributed by atoms with E-state index in [0.717, 1.165) is 0 Å². The summed E-state index contributed by atoms with van der Waals surface area (Å²) in [6.45, 7) is 4.02. The van der Waals surface area contributed by atoms with E-state index in [-0.39, 0.29) is 17.5 Å². The molecule has 0 bridgehead atoms. The van der Waals surface area contributed by atoms with Gasteiger partial charge in [-0.2, -0.15) is 0 Å². The number of carbonyl (C=O) groups is 1. The molecule has 2 amide bonds. The minimum atomic E-state index is -0.278. The molecule has 1 aliphatic rings. The number of amides is 2. The van der Waals surface area contributed by atoms with E-state index >= 15 is 0 Å². The van der Waals surface area contributed by atoms with Gasteiger partial charge >= 0.3 is 6.03 Å². The number of aliphatic imine (C=N–C) groups is 1. The van der Waals surface area contributed by atoms with Gasteiger partial charge in [0.2, 0.25) is 0 Å². The zero-order valence-corrected chi connectivity index (χ0v) is 8.90. The van der Waals surface area contributed by atoms with E-state index in [1.54, 1.807) is 6.21 Å². The number of carbonyl (C=O) groups excluding carboxylic acids is 1. The van der Waals surface area contributed by atoms with E-state index in [1.165, 1.54) is 5.56 Å². The average Bonchev–Trinajstić information content (AvgIpc) is 2.17. The molecule has 1 aromatic rings. The lowest BCUT2D eigenvalue weighted by atomic mass is 9.82. The van der Waals surface area contributed by atoms with Gasteiger partial charge in [-0.05, 0) is 19.4 Å². The Morgan fingerprint density at radius 1 is 1.27 bits per heavy atom. The van der Waals surface area contributed by atoms with E-state index in [1.807, 2.05) is 32.0 Å². The Hall–Kier alpha value is -1.64. The molecular weight excluding hydrogens is 188 g/mol. The van der Waals surface area contributed by atoms with Crippen molar-refractivity contribution in [2.75, 3.05) is 0 Å². The van der Waals surface area contributed by atoms with Crippen LogP contribution < -0.4 is 5.32 Å². The van der Waals surface area contributed by atoms with Gasteiger partial charge in [0.1, 0.15) is 0 Å². The minimum Gasteiger partial charge on any atom is -0.330 e. The topological polar surface area (TPSA) is 41.5 Å². The van der Waals surface area contributed by atoms with Crippen molar-refractivity contribution in [3.8, 4) is 0 Å². The molecule has 1 aromatic carbocycles. The standard InChI is InChI=1S/C12H14N2O/c1-12(2)10(8-13-11(15)14-12)9-6-4-3-5-7-9/h3-8,10H,1-2H3,(H,14,15)/t10-/m1/s1. The lowest BCUT2D eigenvalue weighted by molar-refractivity contribution is 0.234. The van der Waals surface area contributed by atoms with Crippen LogP contribution in [0.25, 0.3) is 0 Å². The summed E-state index contributed by atoms with van der Waals surface area (Å²) in [5, 5.41) is 2.87. The Morgan fingerprint density at radius 2 is 1.93 bits per heavy atom. The van der Waals surface area contributed by atoms with Crippen LogP contribution in [-0.4, -0.2) is 17.8 Å². The predicted octanol–water partition coefficient (Wildman–Crippen LogP) is 2.34. The van der Waals surface area contributed by atoms with Crippen molar-refractivity contribution in [1.82, 2.24) is 5.32 Å². The minimum absolute atomic E-state index is 0.136. The molecule has 15 heavy (non-hydrogen) atoms. The third-order valence-electron chi connectivity index (χ3n) is 2.71. The molecule has 1 atom stereocenters. The van der Waals surface area contributed by atoms with Crippen LogP contribution in [-0.2, 0) is 0 Å². The maximum atomic E-state index is 11.1. The van der Waals surface area contributed by atoms with E-state index in [9.17, 15) is 4.79 Å². The summed E-state index contributed by atoms with van der Waals surface area (Å²) in [7, 11) is 0.